The molecule has 0 saturated heterocycles. The number of nitrogens with zero attached hydrogens (tertiary/aromatic N) is 2. The minimum Gasteiger partial charge on any atom is -0.457 e. The maximum atomic E-state index is 7.43. The van der Waals surface area contributed by atoms with E-state index in [9.17, 15) is 0 Å². The summed E-state index contributed by atoms with van der Waals surface area (Å²) in [6.07, 6.45) is 0. The van der Waals surface area contributed by atoms with Gasteiger partial charge in [-0.05, 0) is 330 Å². The lowest BCUT2D eigenvalue weighted by molar-refractivity contribution is 0.436. The third-order valence-corrected chi connectivity index (χ3v) is 35.2. The lowest BCUT2D eigenvalue weighted by Crippen LogP contribution is -2.32. The zero-order valence-electron chi connectivity index (χ0n) is 80.3. The van der Waals surface area contributed by atoms with E-state index in [-0.39, 0.29) is 0 Å². The molecule has 4 aliphatic carbocycles. The summed E-state index contributed by atoms with van der Waals surface area (Å²) in [6.45, 7) is 0. The largest absolute Gasteiger partial charge is 0.457 e. The van der Waals surface area contributed by atoms with Crippen LogP contribution in [-0.4, -0.2) is 0 Å². The normalized spacial score (nSPS) is 14.9. The van der Waals surface area contributed by atoms with Gasteiger partial charge in [0.1, 0.15) is 23.0 Å². The molecule has 1 atom stereocenters. The first-order chi connectivity index (χ1) is 73.3. The zero-order chi connectivity index (χ0) is 97.1. The van der Waals surface area contributed by atoms with Crippen molar-refractivity contribution in [3.05, 3.63) is 623 Å². The van der Waals surface area contributed by atoms with Crippen LogP contribution in [0.25, 0.3) is 111 Å². The van der Waals surface area contributed by atoms with E-state index in [4.69, 9.17) is 9.47 Å². The molecule has 6 heteroatoms. The van der Waals surface area contributed by atoms with Crippen molar-refractivity contribution in [3.8, 4) is 134 Å². The van der Waals surface area contributed by atoms with Crippen LogP contribution in [0.2, 0.25) is 0 Å². The number of anilines is 6. The molecule has 0 fully saturated rings. The molecule has 4 heterocycles. The first-order valence-electron chi connectivity index (χ1n) is 51.1. The van der Waals surface area contributed by atoms with Crippen LogP contribution < -0.4 is 19.3 Å². The topological polar surface area (TPSA) is 24.9 Å². The summed E-state index contributed by atoms with van der Waals surface area (Å²) in [5.74, 6) is 3.38. The van der Waals surface area contributed by atoms with Gasteiger partial charge in [0.05, 0.1) is 21.7 Å². The Kier molecular flexibility index (Phi) is 18.7. The minimum atomic E-state index is -0.805. The third kappa shape index (κ3) is 12.2. The molecule has 31 rings (SSSR count). The molecule has 0 N–H and O–H groups in total. The van der Waals surface area contributed by atoms with Crippen LogP contribution in [0.1, 0.15) is 89.0 Å². The van der Waals surface area contributed by atoms with Gasteiger partial charge in [-0.3, -0.25) is 0 Å². The molecule has 4 nitrogen and oxygen atoms in total. The lowest BCUT2D eigenvalue weighted by atomic mass is 9.66. The summed E-state index contributed by atoms with van der Waals surface area (Å²) in [5.41, 5.74) is 46.9. The Labute approximate surface area is 868 Å². The fourth-order valence-electron chi connectivity index (χ4n) is 26.8. The van der Waals surface area contributed by atoms with Crippen LogP contribution in [0, 0.1) is 0 Å². The van der Waals surface area contributed by atoms with Crippen molar-refractivity contribution in [2.45, 2.75) is 41.2 Å². The molecule has 0 amide bonds. The standard InChI is InChI=1S/C142H88N2O2S2/c1-3-31-89(32-4-1)98-81-99(90-33-5-2-6-34-90)83-100(82-98)92-63-68-102(69-64-92)144(104-73-78-120-114(86-104)110-42-10-14-46-118(110)140(120)127-52-20-27-59-137(127)148-138-60-28-21-53-128(138)140)106-71-75-112-108-40-8-12-44-116(108)142(130(112)88-106)123-49-17-24-56-133(123)146-134-84-97(65-76-124(134)142)96-38-30-37-95(80-96)94-36-29-35-93(79-94)91-61-66-101(67-62-91)143(103-72-77-119-113(85-103)109-41-9-13-45-117(109)139(119)125-50-18-25-57-135(125)147-136-58-26-19-51-126(136)139)105-70-74-111-107-39-7-11-43-115(107)141(129(111)87-105)121-47-15-22-54-131(121)145-132-55-23-16-48-122(132)141/h1-88H. The van der Waals surface area contributed by atoms with Crippen LogP contribution in [0.4, 0.5) is 34.1 Å². The number of benzene rings is 23. The monoisotopic (exact) mass is 1920 g/mol. The molecule has 0 bridgehead atoms. The van der Waals surface area contributed by atoms with E-state index in [0.29, 0.717) is 0 Å². The van der Waals surface area contributed by atoms with Crippen LogP contribution in [0.5, 0.6) is 23.0 Å². The second-order valence-electron chi connectivity index (χ2n) is 40.2. The van der Waals surface area contributed by atoms with E-state index in [1.54, 1.807) is 0 Å². The lowest BCUT2D eigenvalue weighted by Gasteiger charge is -2.40. The van der Waals surface area contributed by atoms with E-state index >= 15 is 0 Å². The van der Waals surface area contributed by atoms with Gasteiger partial charge in [0.15, 0.2) is 0 Å². The van der Waals surface area contributed by atoms with Crippen molar-refractivity contribution in [2.24, 2.45) is 0 Å². The quantitative estimate of drug-likeness (QED) is 0.121. The molecule has 0 saturated carbocycles. The summed E-state index contributed by atoms with van der Waals surface area (Å²) < 4.78 is 14.3. The SMILES string of the molecule is c1ccc(-c2cc(-c3ccccc3)cc(-c3ccc(N(c4ccc5c(c4)-c4ccccc4C54c5ccccc5Sc5ccccc54)c4ccc5c(c4)C4(c6ccccc6Oc6cc(-c7cccc(-c8cccc(-c9ccc(N(c%10ccc%11c(c%10)-c%10ccccc%10C%11%10c%11ccccc%11Sc%11ccccc%11%10)c%10ccc%11c(c%10)C%10(c%12ccccc%12Oc%12ccccc%12%10)c%10ccccc%10-%11)cc9)c8)c7)ccc64)c4ccccc4-5)cc3)c2)cc1. The maximum Gasteiger partial charge on any atom is 0.132 e. The molecule has 1 unspecified atom stereocenters. The predicted octanol–water partition coefficient (Wildman–Crippen LogP) is 37.2. The van der Waals surface area contributed by atoms with E-state index in [0.717, 1.165) is 124 Å². The van der Waals surface area contributed by atoms with Gasteiger partial charge in [0.25, 0.3) is 0 Å². The Balaban J connectivity index is 0.519. The Morgan fingerprint density at radius 2 is 0.358 bits per heavy atom. The van der Waals surface area contributed by atoms with Crippen LogP contribution in [-0.2, 0) is 21.7 Å². The molecule has 4 spiro atoms. The Morgan fingerprint density at radius 3 is 0.743 bits per heavy atom. The fraction of sp³-hybridized carbons (Fsp3) is 0.0282. The Morgan fingerprint density at radius 1 is 0.128 bits per heavy atom. The highest BCUT2D eigenvalue weighted by Crippen LogP contribution is 2.70. The van der Waals surface area contributed by atoms with Crippen molar-refractivity contribution < 1.29 is 9.47 Å². The second kappa shape index (κ2) is 32.7. The molecule has 23 aromatic rings. The van der Waals surface area contributed by atoms with E-state index in [1.165, 1.54) is 153 Å². The van der Waals surface area contributed by atoms with Crippen LogP contribution in [0.3, 0.4) is 0 Å². The average Bonchev–Trinajstić information content (AvgIpc) is 1.52. The highest BCUT2D eigenvalue weighted by molar-refractivity contribution is 7.99. The van der Waals surface area contributed by atoms with E-state index in [1.807, 2.05) is 23.5 Å². The van der Waals surface area contributed by atoms with Crippen molar-refractivity contribution in [2.75, 3.05) is 9.80 Å². The minimum absolute atomic E-state index is 0.528. The van der Waals surface area contributed by atoms with Gasteiger partial charge in [-0.25, -0.2) is 0 Å². The number of ether oxygens (including phenoxy) is 2. The number of fused-ring (bicyclic) bond motifs is 36. The molecule has 8 aliphatic rings. The molecule has 4 aliphatic heterocycles. The summed E-state index contributed by atoms with van der Waals surface area (Å²) in [5, 5.41) is 0. The predicted molar refractivity (Wildman–Crippen MR) is 606 cm³/mol. The number of para-hydroxylation sites is 3. The summed E-state index contributed by atoms with van der Waals surface area (Å²) >= 11 is 3.76. The van der Waals surface area contributed by atoms with Crippen molar-refractivity contribution in [1.29, 1.82) is 0 Å². The summed E-state index contributed by atoms with van der Waals surface area (Å²) in [7, 11) is 0. The fourth-order valence-corrected chi connectivity index (χ4v) is 29.2. The highest BCUT2D eigenvalue weighted by Gasteiger charge is 2.56. The molecule has 0 radical (unpaired) electrons. The number of hydrogen-bond donors (Lipinski definition) is 0. The van der Waals surface area contributed by atoms with Gasteiger partial charge < -0.3 is 19.3 Å². The van der Waals surface area contributed by atoms with Crippen LogP contribution >= 0.6 is 23.5 Å². The Bertz CT molecular complexity index is 9340. The van der Waals surface area contributed by atoms with Crippen molar-refractivity contribution >= 4 is 57.6 Å². The van der Waals surface area contributed by atoms with Crippen LogP contribution in [0.15, 0.2) is 553 Å². The zero-order valence-corrected chi connectivity index (χ0v) is 82.0. The average molecular weight is 1920 g/mol. The first-order valence-corrected chi connectivity index (χ1v) is 52.7. The molecular weight excluding hydrogens is 1830 g/mol. The van der Waals surface area contributed by atoms with Gasteiger partial charge >= 0.3 is 0 Å². The maximum absolute atomic E-state index is 7.43. The smallest absolute Gasteiger partial charge is 0.132 e. The number of hydrogen-bond acceptors (Lipinski definition) is 6. The van der Waals surface area contributed by atoms with E-state index in [2.05, 4.69) is 544 Å². The first kappa shape index (κ1) is 84.5. The number of rotatable bonds is 12. The highest BCUT2D eigenvalue weighted by atomic mass is 32.2. The van der Waals surface area contributed by atoms with Gasteiger partial charge in [0.2, 0.25) is 0 Å². The van der Waals surface area contributed by atoms with Crippen molar-refractivity contribution in [1.82, 2.24) is 0 Å². The van der Waals surface area contributed by atoms with Gasteiger partial charge in [-0.1, -0.05) is 406 Å². The summed E-state index contributed by atoms with van der Waals surface area (Å²) in [4.78, 5) is 10.1. The molecule has 690 valence electrons. The molecule has 148 heavy (non-hydrogen) atoms. The van der Waals surface area contributed by atoms with Gasteiger partial charge in [0, 0.05) is 76.0 Å². The van der Waals surface area contributed by atoms with Gasteiger partial charge in [-0.15, -0.1) is 0 Å². The Hall–Kier alpha value is -18.0. The molecular formula is C142H88N2O2S2. The van der Waals surface area contributed by atoms with E-state index < -0.39 is 21.7 Å². The third-order valence-electron chi connectivity index (χ3n) is 32.9. The molecule has 23 aromatic carbocycles. The second-order valence-corrected chi connectivity index (χ2v) is 42.3. The molecule has 0 aromatic heterocycles. The van der Waals surface area contributed by atoms with Gasteiger partial charge in [-0.2, -0.15) is 0 Å². The van der Waals surface area contributed by atoms with Crippen molar-refractivity contribution in [3.63, 3.8) is 0 Å². The summed E-state index contributed by atoms with van der Waals surface area (Å²) in [6, 6.07) is 200.